The maximum atomic E-state index is 14.6. The molecule has 4 rings (SSSR count). The number of amides is 3. The maximum Gasteiger partial charge on any atom is 0.321 e. The van der Waals surface area contributed by atoms with Gasteiger partial charge in [0.25, 0.3) is 5.91 Å². The van der Waals surface area contributed by atoms with Gasteiger partial charge in [0, 0.05) is 23.9 Å². The third-order valence-electron chi connectivity index (χ3n) is 5.17. The van der Waals surface area contributed by atoms with Crippen LogP contribution in [-0.2, 0) is 4.79 Å². The number of hydrogen-bond donors (Lipinski definition) is 2. The van der Waals surface area contributed by atoms with Crippen molar-refractivity contribution in [1.29, 1.82) is 0 Å². The van der Waals surface area contributed by atoms with Gasteiger partial charge < -0.3 is 15.5 Å². The fourth-order valence-electron chi connectivity index (χ4n) is 3.45. The second-order valence-electron chi connectivity index (χ2n) is 7.34. The minimum Gasteiger partial charge on any atom is -0.311 e. The van der Waals surface area contributed by atoms with Gasteiger partial charge in [-0.05, 0) is 42.8 Å². The number of likely N-dealkylation sites (N-methyl/N-ethyl adjacent to an activating group) is 1. The van der Waals surface area contributed by atoms with Crippen LogP contribution >= 0.6 is 0 Å². The molecule has 0 spiro atoms. The molecule has 0 saturated carbocycles. The monoisotopic (exact) mass is 434 g/mol. The zero-order chi connectivity index (χ0) is 22.8. The Labute approximate surface area is 183 Å². The van der Waals surface area contributed by atoms with Gasteiger partial charge in [-0.15, -0.1) is 0 Å². The van der Waals surface area contributed by atoms with Crippen molar-refractivity contribution in [2.75, 3.05) is 17.3 Å². The lowest BCUT2D eigenvalue weighted by molar-refractivity contribution is -0.119. The first-order chi connectivity index (χ1) is 15.3. The number of benzodiazepines with no additional fused rings is 1. The standard InChI is InChI=1S/C24H20F2N4O2/c1-14-11-12-15(13-19(14)26)27-24(32)29-22-23(31)30(2)20-10-6-4-8-17(20)21(28-22)16-7-3-5-9-18(16)25/h3-13,22H,1-2H3,(H2,27,29,32). The molecule has 0 aromatic heterocycles. The molecule has 1 unspecified atom stereocenters. The molecule has 3 aromatic rings. The van der Waals surface area contributed by atoms with E-state index in [0.29, 0.717) is 16.8 Å². The molecule has 3 amide bonds. The first-order valence-corrected chi connectivity index (χ1v) is 9.88. The van der Waals surface area contributed by atoms with Crippen LogP contribution in [0.4, 0.5) is 25.0 Å². The molecule has 8 heteroatoms. The first-order valence-electron chi connectivity index (χ1n) is 9.88. The summed E-state index contributed by atoms with van der Waals surface area (Å²) in [4.78, 5) is 31.4. The predicted octanol–water partition coefficient (Wildman–Crippen LogP) is 4.23. The van der Waals surface area contributed by atoms with Crippen molar-refractivity contribution >= 4 is 29.0 Å². The molecule has 0 aliphatic carbocycles. The van der Waals surface area contributed by atoms with Gasteiger partial charge in [-0.3, -0.25) is 4.79 Å². The molecule has 0 bridgehead atoms. The number of rotatable bonds is 3. The summed E-state index contributed by atoms with van der Waals surface area (Å²) in [5.41, 5.74) is 2.19. The lowest BCUT2D eigenvalue weighted by atomic mass is 10.00. The minimum absolute atomic E-state index is 0.205. The number of nitrogens with zero attached hydrogens (tertiary/aromatic N) is 2. The summed E-state index contributed by atoms with van der Waals surface area (Å²) >= 11 is 0. The van der Waals surface area contributed by atoms with Crippen molar-refractivity contribution in [2.24, 2.45) is 4.99 Å². The smallest absolute Gasteiger partial charge is 0.311 e. The van der Waals surface area contributed by atoms with Gasteiger partial charge in [0.2, 0.25) is 6.17 Å². The van der Waals surface area contributed by atoms with Crippen molar-refractivity contribution in [3.8, 4) is 0 Å². The van der Waals surface area contributed by atoms with Gasteiger partial charge in [0.05, 0.1) is 11.4 Å². The predicted molar refractivity (Wildman–Crippen MR) is 119 cm³/mol. The van der Waals surface area contributed by atoms with Crippen LogP contribution < -0.4 is 15.5 Å². The molecule has 6 nitrogen and oxygen atoms in total. The van der Waals surface area contributed by atoms with Crippen LogP contribution in [-0.4, -0.2) is 30.9 Å². The fourth-order valence-corrected chi connectivity index (χ4v) is 3.45. The molecule has 1 aliphatic rings. The van der Waals surface area contributed by atoms with E-state index in [1.807, 2.05) is 0 Å². The Balaban J connectivity index is 1.70. The number of benzene rings is 3. The number of carbonyl (C=O) groups is 2. The number of aliphatic imine (C=N–C) groups is 1. The van der Waals surface area contributed by atoms with Crippen molar-refractivity contribution in [1.82, 2.24) is 5.32 Å². The molecule has 1 aliphatic heterocycles. The van der Waals surface area contributed by atoms with Crippen molar-refractivity contribution in [3.05, 3.63) is 95.1 Å². The van der Waals surface area contributed by atoms with Gasteiger partial charge in [0.15, 0.2) is 0 Å². The highest BCUT2D eigenvalue weighted by Crippen LogP contribution is 2.28. The summed E-state index contributed by atoms with van der Waals surface area (Å²) in [6, 6.07) is 16.6. The molecule has 0 saturated heterocycles. The van der Waals surface area contributed by atoms with Crippen molar-refractivity contribution in [2.45, 2.75) is 13.1 Å². The van der Waals surface area contributed by atoms with Crippen LogP contribution in [0, 0.1) is 18.6 Å². The number of aryl methyl sites for hydroxylation is 1. The Kier molecular flexibility index (Phi) is 5.68. The van der Waals surface area contributed by atoms with E-state index < -0.39 is 29.7 Å². The number of carbonyl (C=O) groups excluding carboxylic acids is 2. The van der Waals surface area contributed by atoms with Gasteiger partial charge >= 0.3 is 6.03 Å². The third kappa shape index (κ3) is 4.07. The Morgan fingerprint density at radius 1 is 0.969 bits per heavy atom. The Bertz CT molecular complexity index is 1240. The third-order valence-corrected chi connectivity index (χ3v) is 5.17. The van der Waals surface area contributed by atoms with Crippen LogP contribution in [0.1, 0.15) is 16.7 Å². The van der Waals surface area contributed by atoms with Crippen LogP contribution in [0.5, 0.6) is 0 Å². The van der Waals surface area contributed by atoms with E-state index in [4.69, 9.17) is 0 Å². The Morgan fingerprint density at radius 2 is 1.66 bits per heavy atom. The molecule has 1 atom stereocenters. The number of fused-ring (bicyclic) bond motifs is 1. The Hall–Kier alpha value is -4.07. The lowest BCUT2D eigenvalue weighted by Gasteiger charge is -2.21. The number of urea groups is 1. The van der Waals surface area contributed by atoms with Gasteiger partial charge in [-0.1, -0.05) is 36.4 Å². The zero-order valence-corrected chi connectivity index (χ0v) is 17.4. The number of para-hydroxylation sites is 1. The highest BCUT2D eigenvalue weighted by Gasteiger charge is 2.31. The molecule has 2 N–H and O–H groups in total. The summed E-state index contributed by atoms with van der Waals surface area (Å²) in [5, 5.41) is 5.00. The van der Waals surface area contributed by atoms with E-state index in [2.05, 4.69) is 15.6 Å². The summed E-state index contributed by atoms with van der Waals surface area (Å²) in [6.07, 6.45) is -1.32. The Morgan fingerprint density at radius 3 is 2.38 bits per heavy atom. The molecule has 3 aromatic carbocycles. The van der Waals surface area contributed by atoms with E-state index in [-0.39, 0.29) is 17.0 Å². The molecule has 32 heavy (non-hydrogen) atoms. The number of anilines is 2. The zero-order valence-electron chi connectivity index (χ0n) is 17.4. The van der Waals surface area contributed by atoms with Crippen LogP contribution in [0.15, 0.2) is 71.7 Å². The van der Waals surface area contributed by atoms with Gasteiger partial charge in [0.1, 0.15) is 11.6 Å². The molecular formula is C24H20F2N4O2. The van der Waals surface area contributed by atoms with E-state index in [0.717, 1.165) is 0 Å². The highest BCUT2D eigenvalue weighted by atomic mass is 19.1. The topological polar surface area (TPSA) is 73.8 Å². The largest absolute Gasteiger partial charge is 0.321 e. The highest BCUT2D eigenvalue weighted by molar-refractivity contribution is 6.20. The molecule has 0 fully saturated rings. The summed E-state index contributed by atoms with van der Waals surface area (Å²) < 4.78 is 28.4. The lowest BCUT2D eigenvalue weighted by Crippen LogP contribution is -2.47. The summed E-state index contributed by atoms with van der Waals surface area (Å²) in [7, 11) is 1.56. The average molecular weight is 434 g/mol. The number of nitrogens with one attached hydrogen (secondary N) is 2. The van der Waals surface area contributed by atoms with E-state index in [9.17, 15) is 18.4 Å². The van der Waals surface area contributed by atoms with Gasteiger partial charge in [-0.25, -0.2) is 18.6 Å². The quantitative estimate of drug-likeness (QED) is 0.647. The number of hydrogen-bond acceptors (Lipinski definition) is 3. The second kappa shape index (κ2) is 8.58. The van der Waals surface area contributed by atoms with Crippen LogP contribution in [0.3, 0.4) is 0 Å². The normalized spacial score (nSPS) is 15.5. The summed E-state index contributed by atoms with van der Waals surface area (Å²) in [5.74, 6) is -1.48. The van der Waals surface area contributed by atoms with E-state index >= 15 is 0 Å². The average Bonchev–Trinajstić information content (AvgIpc) is 2.87. The van der Waals surface area contributed by atoms with Gasteiger partial charge in [-0.2, -0.15) is 0 Å². The summed E-state index contributed by atoms with van der Waals surface area (Å²) in [6.45, 7) is 1.61. The minimum atomic E-state index is -1.32. The van der Waals surface area contributed by atoms with E-state index in [1.54, 1.807) is 62.5 Å². The fraction of sp³-hybridized carbons (Fsp3) is 0.125. The first kappa shape index (κ1) is 21.2. The van der Waals surface area contributed by atoms with Crippen molar-refractivity contribution < 1.29 is 18.4 Å². The number of halogens is 2. The maximum absolute atomic E-state index is 14.6. The SMILES string of the molecule is Cc1ccc(NC(=O)NC2N=C(c3ccccc3F)c3ccccc3N(C)C2=O)cc1F. The van der Waals surface area contributed by atoms with E-state index in [1.165, 1.54) is 23.1 Å². The van der Waals surface area contributed by atoms with Crippen LogP contribution in [0.2, 0.25) is 0 Å². The molecule has 1 heterocycles. The van der Waals surface area contributed by atoms with Crippen molar-refractivity contribution in [3.63, 3.8) is 0 Å². The molecular weight excluding hydrogens is 414 g/mol. The molecule has 0 radical (unpaired) electrons. The van der Waals surface area contributed by atoms with Crippen LogP contribution in [0.25, 0.3) is 0 Å². The second-order valence-corrected chi connectivity index (χ2v) is 7.34. The molecule has 162 valence electrons.